The molecule has 0 atom stereocenters. The summed E-state index contributed by atoms with van der Waals surface area (Å²) in [5.74, 6) is 0.281. The number of aromatic hydroxyl groups is 1. The normalized spacial score (nSPS) is 14.1. The fourth-order valence-electron chi connectivity index (χ4n) is 2.16. The van der Waals surface area contributed by atoms with Crippen molar-refractivity contribution in [2.45, 2.75) is 20.1 Å². The minimum atomic E-state index is -0.156. The molecule has 0 spiro atoms. The van der Waals surface area contributed by atoms with Crippen molar-refractivity contribution >= 4 is 11.5 Å². The Kier molecular flexibility index (Phi) is 6.09. The second-order valence-corrected chi connectivity index (χ2v) is 4.84. The number of aromatic nitrogens is 1. The van der Waals surface area contributed by atoms with E-state index in [0.29, 0.717) is 28.3 Å². The van der Waals surface area contributed by atoms with Crippen molar-refractivity contribution in [1.29, 1.82) is 0 Å². The first-order valence-electron chi connectivity index (χ1n) is 6.71. The van der Waals surface area contributed by atoms with Crippen LogP contribution in [0.4, 0.5) is 11.5 Å². The molecule has 1 aliphatic rings. The third-order valence-electron chi connectivity index (χ3n) is 3.26. The molecule has 0 radical (unpaired) electrons. The summed E-state index contributed by atoms with van der Waals surface area (Å²) in [7, 11) is 0. The molecule has 114 valence electrons. The van der Waals surface area contributed by atoms with Gasteiger partial charge in [0.1, 0.15) is 12.5 Å². The standard InChI is InChI=1S/C15H15N3O4.Na/c1-9-14(20)12-6-21-8-22-7-13(12)15(16-9)18-17-10-3-2-4-11(19)5-10;/h2-5,19-20H,6-8H2,1H3;/q;+1/p-1. The maximum atomic E-state index is 12.1. The second-order valence-electron chi connectivity index (χ2n) is 4.84. The zero-order valence-electron chi connectivity index (χ0n) is 12.9. The van der Waals surface area contributed by atoms with E-state index in [1.54, 1.807) is 25.1 Å². The maximum Gasteiger partial charge on any atom is 1.00 e. The molecule has 0 saturated heterocycles. The van der Waals surface area contributed by atoms with Gasteiger partial charge in [-0.2, -0.15) is 0 Å². The molecule has 1 aliphatic heterocycles. The van der Waals surface area contributed by atoms with E-state index in [-0.39, 0.29) is 61.1 Å². The molecule has 23 heavy (non-hydrogen) atoms. The maximum absolute atomic E-state index is 12.1. The summed E-state index contributed by atoms with van der Waals surface area (Å²) in [5.41, 5.74) is 1.94. The van der Waals surface area contributed by atoms with Gasteiger partial charge in [-0.25, -0.2) is 4.98 Å². The van der Waals surface area contributed by atoms with Crippen LogP contribution in [0.1, 0.15) is 16.8 Å². The Labute approximate surface area is 155 Å². The van der Waals surface area contributed by atoms with Crippen LogP contribution in [0.15, 0.2) is 34.5 Å². The van der Waals surface area contributed by atoms with Gasteiger partial charge in [0.05, 0.1) is 18.9 Å². The monoisotopic (exact) mass is 323 g/mol. The summed E-state index contributed by atoms with van der Waals surface area (Å²) < 4.78 is 10.5. The van der Waals surface area contributed by atoms with Crippen LogP contribution >= 0.6 is 0 Å². The average Bonchev–Trinajstić information content (AvgIpc) is 2.76. The zero-order chi connectivity index (χ0) is 15.5. The van der Waals surface area contributed by atoms with Crippen LogP contribution < -0.4 is 34.7 Å². The molecule has 2 heterocycles. The van der Waals surface area contributed by atoms with E-state index in [0.717, 1.165) is 0 Å². The van der Waals surface area contributed by atoms with E-state index in [9.17, 15) is 10.2 Å². The van der Waals surface area contributed by atoms with Crippen LogP contribution in [0.2, 0.25) is 0 Å². The average molecular weight is 323 g/mol. The molecule has 0 fully saturated rings. The molecule has 1 aromatic carbocycles. The van der Waals surface area contributed by atoms with Crippen LogP contribution in [0.5, 0.6) is 11.5 Å². The topological polar surface area (TPSA) is 99.4 Å². The van der Waals surface area contributed by atoms with E-state index in [1.807, 2.05) is 0 Å². The van der Waals surface area contributed by atoms with Crippen LogP contribution in [0.25, 0.3) is 0 Å². The van der Waals surface area contributed by atoms with E-state index in [4.69, 9.17) is 9.47 Å². The van der Waals surface area contributed by atoms with Crippen molar-refractivity contribution in [2.24, 2.45) is 10.2 Å². The number of fused-ring (bicyclic) bond motifs is 1. The predicted octanol–water partition coefficient (Wildman–Crippen LogP) is -0.407. The molecule has 7 nitrogen and oxygen atoms in total. The van der Waals surface area contributed by atoms with Gasteiger partial charge < -0.3 is 19.7 Å². The number of rotatable bonds is 2. The summed E-state index contributed by atoms with van der Waals surface area (Å²) in [4.78, 5) is 4.19. The number of hydrogen-bond donors (Lipinski definition) is 1. The van der Waals surface area contributed by atoms with Gasteiger partial charge in [0.25, 0.3) is 0 Å². The van der Waals surface area contributed by atoms with Gasteiger partial charge in [-0.15, -0.1) is 10.2 Å². The van der Waals surface area contributed by atoms with Gasteiger partial charge in [0, 0.05) is 17.3 Å². The second kappa shape index (κ2) is 7.85. The number of phenolic OH excluding ortho intramolecular Hbond substituents is 1. The fraction of sp³-hybridized carbons (Fsp3) is 0.267. The summed E-state index contributed by atoms with van der Waals surface area (Å²) >= 11 is 0. The Morgan fingerprint density at radius 1 is 1.17 bits per heavy atom. The Hall–Kier alpha value is -1.51. The summed E-state index contributed by atoms with van der Waals surface area (Å²) in [6.07, 6.45) is 0. The molecular weight excluding hydrogens is 309 g/mol. The Balaban J connectivity index is 0.00000192. The number of ether oxygens (including phenoxy) is 2. The third kappa shape index (κ3) is 4.07. The molecule has 0 amide bonds. The van der Waals surface area contributed by atoms with Gasteiger partial charge in [-0.1, -0.05) is 11.8 Å². The molecule has 8 heteroatoms. The van der Waals surface area contributed by atoms with Gasteiger partial charge in [0.15, 0.2) is 5.82 Å². The Morgan fingerprint density at radius 2 is 1.91 bits per heavy atom. The van der Waals surface area contributed by atoms with E-state index >= 15 is 0 Å². The molecule has 0 aliphatic carbocycles. The van der Waals surface area contributed by atoms with Crippen molar-refractivity contribution in [2.75, 3.05) is 6.79 Å². The van der Waals surface area contributed by atoms with Crippen LogP contribution in [-0.2, 0) is 22.7 Å². The van der Waals surface area contributed by atoms with Crippen LogP contribution in [-0.4, -0.2) is 16.9 Å². The van der Waals surface area contributed by atoms with Crippen LogP contribution in [0, 0.1) is 6.92 Å². The predicted molar refractivity (Wildman–Crippen MR) is 75.1 cm³/mol. The molecule has 2 aromatic rings. The number of aryl methyl sites for hydroxylation is 1. The van der Waals surface area contributed by atoms with Crippen molar-refractivity contribution in [3.8, 4) is 11.5 Å². The molecule has 0 bridgehead atoms. The van der Waals surface area contributed by atoms with Crippen molar-refractivity contribution in [3.63, 3.8) is 0 Å². The van der Waals surface area contributed by atoms with Gasteiger partial charge in [0.2, 0.25) is 0 Å². The SMILES string of the molecule is Cc1nc(N=Nc2cccc(O)c2)c2c(c1[O-])COCOC2.[Na+]. The molecule has 0 unspecified atom stereocenters. The first kappa shape index (κ1) is 17.8. The summed E-state index contributed by atoms with van der Waals surface area (Å²) in [6.45, 7) is 2.12. The van der Waals surface area contributed by atoms with Crippen molar-refractivity contribution in [3.05, 3.63) is 41.1 Å². The minimum Gasteiger partial charge on any atom is -0.871 e. The Morgan fingerprint density at radius 3 is 2.65 bits per heavy atom. The number of pyridine rings is 1. The van der Waals surface area contributed by atoms with Gasteiger partial charge in [-0.05, 0) is 24.6 Å². The fourth-order valence-corrected chi connectivity index (χ4v) is 2.16. The largest absolute Gasteiger partial charge is 1.00 e. The molecule has 1 aromatic heterocycles. The van der Waals surface area contributed by atoms with E-state index in [1.165, 1.54) is 6.07 Å². The molecule has 3 rings (SSSR count). The first-order valence-corrected chi connectivity index (χ1v) is 6.71. The minimum absolute atomic E-state index is 0. The van der Waals surface area contributed by atoms with E-state index in [2.05, 4.69) is 15.2 Å². The molecule has 0 saturated carbocycles. The smallest absolute Gasteiger partial charge is 0.871 e. The third-order valence-corrected chi connectivity index (χ3v) is 3.26. The van der Waals surface area contributed by atoms with Crippen LogP contribution in [0.3, 0.4) is 0 Å². The number of phenols is 1. The van der Waals surface area contributed by atoms with Gasteiger partial charge in [-0.3, -0.25) is 0 Å². The first-order chi connectivity index (χ1) is 10.6. The van der Waals surface area contributed by atoms with Gasteiger partial charge >= 0.3 is 29.6 Å². The zero-order valence-corrected chi connectivity index (χ0v) is 14.9. The van der Waals surface area contributed by atoms with E-state index < -0.39 is 0 Å². The summed E-state index contributed by atoms with van der Waals surface area (Å²) in [5, 5.41) is 29.7. The van der Waals surface area contributed by atoms with Crippen molar-refractivity contribution < 1.29 is 49.2 Å². The Bertz CT molecular complexity index is 737. The van der Waals surface area contributed by atoms with Crippen molar-refractivity contribution in [1.82, 2.24) is 4.98 Å². The number of hydrogen-bond acceptors (Lipinski definition) is 7. The molecule has 1 N–H and O–H groups in total. The quantitative estimate of drug-likeness (QED) is 0.598. The molecular formula is C15H14N3NaO4. The number of azo groups is 1. The number of nitrogens with zero attached hydrogens (tertiary/aromatic N) is 3. The number of benzene rings is 1. The summed E-state index contributed by atoms with van der Waals surface area (Å²) in [6, 6.07) is 6.40.